The van der Waals surface area contributed by atoms with E-state index in [1.807, 2.05) is 45.6 Å². The van der Waals surface area contributed by atoms with Gasteiger partial charge in [0.1, 0.15) is 5.82 Å². The minimum Gasteiger partial charge on any atom is -0.479 e. The third kappa shape index (κ3) is 7.15. The zero-order valence-electron chi connectivity index (χ0n) is 29.5. The van der Waals surface area contributed by atoms with Gasteiger partial charge in [-0.05, 0) is 76.0 Å². The van der Waals surface area contributed by atoms with Crippen LogP contribution in [0.1, 0.15) is 81.6 Å². The second-order valence-corrected chi connectivity index (χ2v) is 15.3. The predicted octanol–water partition coefficient (Wildman–Crippen LogP) is 6.87. The van der Waals surface area contributed by atoms with Gasteiger partial charge in [0.15, 0.2) is 11.9 Å². The summed E-state index contributed by atoms with van der Waals surface area (Å²) < 4.78 is 26.5. The van der Waals surface area contributed by atoms with Crippen molar-refractivity contribution in [1.29, 1.82) is 0 Å². The lowest BCUT2D eigenvalue weighted by atomic mass is 9.81. The number of carboxylic acids is 1. The monoisotopic (exact) mass is 659 g/mol. The van der Waals surface area contributed by atoms with Gasteiger partial charge < -0.3 is 29.3 Å². The minimum absolute atomic E-state index is 0.224. The van der Waals surface area contributed by atoms with Crippen molar-refractivity contribution < 1.29 is 23.8 Å². The Kier molecular flexibility index (Phi) is 9.43. The second-order valence-electron chi connectivity index (χ2n) is 15.3. The van der Waals surface area contributed by atoms with Gasteiger partial charge in [-0.25, -0.2) is 14.2 Å². The van der Waals surface area contributed by atoms with Crippen molar-refractivity contribution >= 4 is 23.2 Å². The summed E-state index contributed by atoms with van der Waals surface area (Å²) in [5, 5.41) is 10.5. The van der Waals surface area contributed by atoms with Crippen LogP contribution in [0.25, 0.3) is 11.1 Å². The fourth-order valence-corrected chi connectivity index (χ4v) is 7.30. The summed E-state index contributed by atoms with van der Waals surface area (Å²) in [6.45, 7) is 19.8. The molecule has 2 saturated heterocycles. The van der Waals surface area contributed by atoms with Crippen molar-refractivity contribution in [2.75, 3.05) is 60.6 Å². The molecule has 10 heteroatoms. The van der Waals surface area contributed by atoms with Gasteiger partial charge in [0.2, 0.25) is 0 Å². The number of morpholine rings is 1. The average Bonchev–Trinajstić information content (AvgIpc) is 3.03. The molecule has 1 aromatic carbocycles. The highest BCUT2D eigenvalue weighted by Crippen LogP contribution is 2.45. The second kappa shape index (κ2) is 13.3. The van der Waals surface area contributed by atoms with Crippen molar-refractivity contribution in [1.82, 2.24) is 9.97 Å². The first-order valence-electron chi connectivity index (χ1n) is 17.2. The van der Waals surface area contributed by atoms with E-state index in [-0.39, 0.29) is 11.2 Å². The Morgan fingerprint density at radius 3 is 2.35 bits per heavy atom. The lowest BCUT2D eigenvalue weighted by Crippen LogP contribution is -2.39. The maximum atomic E-state index is 14.8. The van der Waals surface area contributed by atoms with Crippen molar-refractivity contribution in [2.45, 2.75) is 86.0 Å². The number of carbonyl (C=O) groups is 1. The summed E-state index contributed by atoms with van der Waals surface area (Å²) in [7, 11) is 0. The molecule has 258 valence electrons. The standard InChI is InChI=1S/C38H50FN5O4/c1-24-32(34(43-14-11-38(6,7)12-15-43)33(25(2)41-24)35(36(45)46)48-37(3,4)5)27-8-9-28-23-44(13-10-26(28)20-27)31-21-30(29(39)22-40-31)42-16-18-47-19-17-42/h8-9,20-22,35H,10-19,23H2,1-7H3,(H,45,46). The minimum atomic E-state index is -1.15. The van der Waals surface area contributed by atoms with Crippen LogP contribution < -0.4 is 14.7 Å². The molecule has 6 rings (SSSR count). The number of aliphatic carboxylic acids is 1. The van der Waals surface area contributed by atoms with Gasteiger partial charge in [-0.15, -0.1) is 0 Å². The Morgan fingerprint density at radius 2 is 1.69 bits per heavy atom. The SMILES string of the molecule is Cc1nc(C)c(C(OC(C)(C)C)C(=O)O)c(N2CCC(C)(C)CC2)c1-c1ccc2c(c1)CCN(c1cc(N3CCOCC3)c(F)cn1)C2. The molecule has 2 aromatic heterocycles. The number of fused-ring (bicyclic) bond motifs is 1. The number of carboxylic acid groups (broad SMARTS) is 1. The van der Waals surface area contributed by atoms with Crippen molar-refractivity contribution in [3.8, 4) is 11.1 Å². The number of pyridine rings is 2. The Hall–Kier alpha value is -3.76. The Morgan fingerprint density at radius 1 is 0.979 bits per heavy atom. The van der Waals surface area contributed by atoms with Gasteiger partial charge >= 0.3 is 5.97 Å². The number of piperidine rings is 1. The van der Waals surface area contributed by atoms with E-state index in [1.54, 1.807) is 0 Å². The highest BCUT2D eigenvalue weighted by atomic mass is 19.1. The van der Waals surface area contributed by atoms with E-state index in [4.69, 9.17) is 14.5 Å². The molecule has 0 amide bonds. The normalized spacial score (nSPS) is 18.9. The summed E-state index contributed by atoms with van der Waals surface area (Å²) >= 11 is 0. The van der Waals surface area contributed by atoms with E-state index < -0.39 is 17.7 Å². The molecule has 3 aromatic rings. The number of benzene rings is 1. The average molecular weight is 660 g/mol. The summed E-state index contributed by atoms with van der Waals surface area (Å²) in [4.78, 5) is 28.9. The van der Waals surface area contributed by atoms with Crippen LogP contribution in [-0.2, 0) is 27.2 Å². The molecule has 0 radical (unpaired) electrons. The van der Waals surface area contributed by atoms with Gasteiger partial charge in [0.25, 0.3) is 0 Å². The van der Waals surface area contributed by atoms with E-state index in [9.17, 15) is 14.3 Å². The van der Waals surface area contributed by atoms with Crippen LogP contribution in [0.2, 0.25) is 0 Å². The lowest BCUT2D eigenvalue weighted by Gasteiger charge is -2.41. The molecule has 1 unspecified atom stereocenters. The lowest BCUT2D eigenvalue weighted by molar-refractivity contribution is -0.160. The van der Waals surface area contributed by atoms with Gasteiger partial charge in [-0.3, -0.25) is 4.98 Å². The zero-order chi connectivity index (χ0) is 34.4. The molecule has 0 bridgehead atoms. The summed E-state index contributed by atoms with van der Waals surface area (Å²) in [6.07, 6.45) is 3.00. The van der Waals surface area contributed by atoms with E-state index in [2.05, 4.69) is 46.8 Å². The molecule has 5 heterocycles. The molecule has 3 aliphatic heterocycles. The first-order chi connectivity index (χ1) is 22.7. The molecule has 1 N–H and O–H groups in total. The van der Waals surface area contributed by atoms with Gasteiger partial charge in [0, 0.05) is 67.8 Å². The first-order valence-corrected chi connectivity index (χ1v) is 17.2. The molecule has 0 saturated carbocycles. The maximum Gasteiger partial charge on any atom is 0.337 e. The number of hydrogen-bond acceptors (Lipinski definition) is 8. The van der Waals surface area contributed by atoms with Crippen LogP contribution in [0, 0.1) is 25.1 Å². The Bertz CT molecular complexity index is 1670. The Balaban J connectivity index is 1.38. The van der Waals surface area contributed by atoms with Crippen LogP contribution in [-0.4, -0.2) is 72.6 Å². The number of hydrogen-bond donors (Lipinski definition) is 1. The summed E-state index contributed by atoms with van der Waals surface area (Å²) in [6, 6.07) is 8.44. The molecule has 0 aliphatic carbocycles. The number of halogens is 1. The molecule has 3 aliphatic rings. The van der Waals surface area contributed by atoms with Crippen LogP contribution >= 0.6 is 0 Å². The molecule has 2 fully saturated rings. The van der Waals surface area contributed by atoms with Crippen LogP contribution in [0.15, 0.2) is 30.5 Å². The van der Waals surface area contributed by atoms with Crippen molar-refractivity contribution in [2.24, 2.45) is 5.41 Å². The molecule has 0 spiro atoms. The maximum absolute atomic E-state index is 14.8. The topological polar surface area (TPSA) is 91.3 Å². The molecular weight excluding hydrogens is 609 g/mol. The molecular formula is C38H50FN5O4. The fraction of sp³-hybridized carbons (Fsp3) is 0.553. The molecule has 48 heavy (non-hydrogen) atoms. The number of rotatable bonds is 7. The van der Waals surface area contributed by atoms with Gasteiger partial charge in [-0.2, -0.15) is 0 Å². The smallest absolute Gasteiger partial charge is 0.337 e. The van der Waals surface area contributed by atoms with Crippen LogP contribution in [0.3, 0.4) is 0 Å². The van der Waals surface area contributed by atoms with Crippen molar-refractivity contribution in [3.05, 3.63) is 64.4 Å². The number of aryl methyl sites for hydroxylation is 2. The highest BCUT2D eigenvalue weighted by Gasteiger charge is 2.37. The number of ether oxygens (including phenoxy) is 2. The van der Waals surface area contributed by atoms with E-state index in [0.29, 0.717) is 49.8 Å². The largest absolute Gasteiger partial charge is 0.479 e. The van der Waals surface area contributed by atoms with Gasteiger partial charge in [0.05, 0.1) is 36.4 Å². The van der Waals surface area contributed by atoms with E-state index in [0.717, 1.165) is 67.2 Å². The fourth-order valence-electron chi connectivity index (χ4n) is 7.30. The third-order valence-electron chi connectivity index (χ3n) is 9.97. The predicted molar refractivity (Wildman–Crippen MR) is 188 cm³/mol. The van der Waals surface area contributed by atoms with E-state index >= 15 is 0 Å². The summed E-state index contributed by atoms with van der Waals surface area (Å²) in [5.74, 6) is -0.556. The molecule has 1 atom stereocenters. The number of aromatic nitrogens is 2. The first kappa shape index (κ1) is 34.1. The third-order valence-corrected chi connectivity index (χ3v) is 9.97. The van der Waals surface area contributed by atoms with Crippen LogP contribution in [0.5, 0.6) is 0 Å². The van der Waals surface area contributed by atoms with Gasteiger partial charge in [-0.1, -0.05) is 32.0 Å². The van der Waals surface area contributed by atoms with Crippen LogP contribution in [0.4, 0.5) is 21.6 Å². The van der Waals surface area contributed by atoms with E-state index in [1.165, 1.54) is 17.3 Å². The summed E-state index contributed by atoms with van der Waals surface area (Å²) in [5.41, 5.74) is 7.70. The number of anilines is 3. The van der Waals surface area contributed by atoms with Crippen molar-refractivity contribution in [3.63, 3.8) is 0 Å². The molecule has 9 nitrogen and oxygen atoms in total. The zero-order valence-corrected chi connectivity index (χ0v) is 29.5. The quantitative estimate of drug-likeness (QED) is 0.292. The Labute approximate surface area is 284 Å². The number of nitrogens with zero attached hydrogens (tertiary/aromatic N) is 5. The highest BCUT2D eigenvalue weighted by molar-refractivity contribution is 5.88.